The Morgan fingerprint density at radius 1 is 1.29 bits per heavy atom. The quantitative estimate of drug-likeness (QED) is 0.452. The molecule has 0 N–H and O–H groups in total. The Hall–Kier alpha value is -1.38. The highest BCUT2D eigenvalue weighted by Crippen LogP contribution is 2.34. The fraction of sp³-hybridized carbons (Fsp3) is 0.400. The largest absolute Gasteiger partial charge is 0.309 e. The predicted molar refractivity (Wildman–Crippen MR) is 120 cm³/mol. The number of thioether (sulfide) groups is 1. The first-order chi connectivity index (χ1) is 13.4. The van der Waals surface area contributed by atoms with Gasteiger partial charge in [0.2, 0.25) is 0 Å². The molecule has 0 unspecified atom stereocenters. The maximum Gasteiger partial charge on any atom is 0.267 e. The minimum Gasteiger partial charge on any atom is -0.309 e. The zero-order chi connectivity index (χ0) is 19.8. The van der Waals surface area contributed by atoms with E-state index in [4.69, 9.17) is 16.6 Å². The van der Waals surface area contributed by atoms with Crippen molar-refractivity contribution in [2.75, 3.05) is 40.0 Å². The summed E-state index contributed by atoms with van der Waals surface area (Å²) in [6.45, 7) is 2.78. The topological polar surface area (TPSA) is 41.4 Å². The van der Waals surface area contributed by atoms with Crippen molar-refractivity contribution in [1.82, 2.24) is 19.4 Å². The molecule has 0 radical (unpaired) electrons. The fourth-order valence-electron chi connectivity index (χ4n) is 3.39. The van der Waals surface area contributed by atoms with Crippen LogP contribution in [0.3, 0.4) is 0 Å². The van der Waals surface area contributed by atoms with Gasteiger partial charge in [-0.2, -0.15) is 0 Å². The van der Waals surface area contributed by atoms with Crippen molar-refractivity contribution in [3.05, 3.63) is 50.1 Å². The van der Waals surface area contributed by atoms with Crippen molar-refractivity contribution < 1.29 is 0 Å². The molecule has 0 saturated heterocycles. The van der Waals surface area contributed by atoms with Crippen molar-refractivity contribution in [2.45, 2.75) is 18.1 Å². The van der Waals surface area contributed by atoms with Gasteiger partial charge in [0.25, 0.3) is 5.56 Å². The fourth-order valence-corrected chi connectivity index (χ4v) is 5.97. The molecule has 4 rings (SSSR count). The minimum atomic E-state index is 0.0294. The molecule has 1 aliphatic heterocycles. The summed E-state index contributed by atoms with van der Waals surface area (Å²) in [5.74, 6) is 0.867. The smallest absolute Gasteiger partial charge is 0.267 e. The van der Waals surface area contributed by atoms with Gasteiger partial charge in [0.1, 0.15) is 4.83 Å². The summed E-state index contributed by atoms with van der Waals surface area (Å²) < 4.78 is 1.75. The molecule has 148 valence electrons. The molecule has 3 heterocycles. The second-order valence-electron chi connectivity index (χ2n) is 7.33. The van der Waals surface area contributed by atoms with Crippen LogP contribution in [0.5, 0.6) is 0 Å². The van der Waals surface area contributed by atoms with Crippen molar-refractivity contribution in [3.8, 4) is 5.69 Å². The number of hydrogen-bond donors (Lipinski definition) is 0. The SMILES string of the molecule is CN(C)CCSc1nc2sc3c(c2c(=O)n1-c1ccc(Cl)cc1)CCN(C)C3. The van der Waals surface area contributed by atoms with Gasteiger partial charge in [-0.15, -0.1) is 11.3 Å². The van der Waals surface area contributed by atoms with E-state index in [2.05, 4.69) is 16.8 Å². The Morgan fingerprint density at radius 2 is 2.04 bits per heavy atom. The number of benzene rings is 1. The lowest BCUT2D eigenvalue weighted by Crippen LogP contribution is -2.27. The van der Waals surface area contributed by atoms with E-state index in [-0.39, 0.29) is 5.56 Å². The first-order valence-corrected chi connectivity index (χ1v) is 11.4. The zero-order valence-electron chi connectivity index (χ0n) is 16.2. The molecule has 28 heavy (non-hydrogen) atoms. The number of hydrogen-bond acceptors (Lipinski definition) is 6. The van der Waals surface area contributed by atoms with Crippen LogP contribution in [0.1, 0.15) is 10.4 Å². The van der Waals surface area contributed by atoms with Crippen LogP contribution in [0, 0.1) is 0 Å². The van der Waals surface area contributed by atoms with Crippen LogP contribution in [-0.2, 0) is 13.0 Å². The molecule has 5 nitrogen and oxygen atoms in total. The number of rotatable bonds is 5. The molecule has 2 aromatic heterocycles. The number of likely N-dealkylation sites (N-methyl/N-ethyl adjacent to an activating group) is 1. The Labute approximate surface area is 177 Å². The van der Waals surface area contributed by atoms with E-state index < -0.39 is 0 Å². The molecule has 3 aromatic rings. The van der Waals surface area contributed by atoms with Gasteiger partial charge in [0, 0.05) is 35.3 Å². The lowest BCUT2D eigenvalue weighted by atomic mass is 10.1. The first-order valence-electron chi connectivity index (χ1n) is 9.23. The van der Waals surface area contributed by atoms with E-state index in [1.807, 2.05) is 38.4 Å². The summed E-state index contributed by atoms with van der Waals surface area (Å²) in [5.41, 5.74) is 2.02. The third-order valence-corrected chi connectivity index (χ3v) is 7.17. The number of nitrogens with zero attached hydrogens (tertiary/aromatic N) is 4. The second-order valence-corrected chi connectivity index (χ2v) is 9.92. The Bertz CT molecular complexity index is 1060. The summed E-state index contributed by atoms with van der Waals surface area (Å²) in [6.07, 6.45) is 0.899. The van der Waals surface area contributed by atoms with Crippen LogP contribution in [-0.4, -0.2) is 59.3 Å². The van der Waals surface area contributed by atoms with Gasteiger partial charge in [0.15, 0.2) is 5.16 Å². The highest BCUT2D eigenvalue weighted by atomic mass is 35.5. The standard InChI is InChI=1S/C20H23ClN4OS2/c1-23(2)10-11-27-20-22-18-17(15-8-9-24(3)12-16(15)28-18)19(26)25(20)14-6-4-13(21)5-7-14/h4-7H,8-12H2,1-3H3. The van der Waals surface area contributed by atoms with E-state index >= 15 is 0 Å². The molecular formula is C20H23ClN4OS2. The van der Waals surface area contributed by atoms with Crippen molar-refractivity contribution in [2.24, 2.45) is 0 Å². The van der Waals surface area contributed by atoms with E-state index in [1.54, 1.807) is 27.7 Å². The molecule has 8 heteroatoms. The zero-order valence-corrected chi connectivity index (χ0v) is 18.6. The van der Waals surface area contributed by atoms with Gasteiger partial charge < -0.3 is 9.80 Å². The van der Waals surface area contributed by atoms with Gasteiger partial charge in [-0.25, -0.2) is 4.98 Å². The molecule has 0 bridgehead atoms. The lowest BCUT2D eigenvalue weighted by molar-refractivity contribution is 0.318. The maximum atomic E-state index is 13.6. The van der Waals surface area contributed by atoms with Crippen LogP contribution in [0.4, 0.5) is 0 Å². The predicted octanol–water partition coefficient (Wildman–Crippen LogP) is 3.74. The van der Waals surface area contributed by atoms with E-state index in [9.17, 15) is 4.79 Å². The maximum absolute atomic E-state index is 13.6. The summed E-state index contributed by atoms with van der Waals surface area (Å²) in [5, 5.41) is 2.19. The molecule has 0 spiro atoms. The number of aromatic nitrogens is 2. The molecule has 0 atom stereocenters. The van der Waals surface area contributed by atoms with Gasteiger partial charge in [-0.05, 0) is 57.4 Å². The molecule has 1 aliphatic rings. The lowest BCUT2D eigenvalue weighted by Gasteiger charge is -2.21. The van der Waals surface area contributed by atoms with Crippen molar-refractivity contribution in [3.63, 3.8) is 0 Å². The molecule has 0 fully saturated rings. The van der Waals surface area contributed by atoms with Gasteiger partial charge in [-0.3, -0.25) is 9.36 Å². The summed E-state index contributed by atoms with van der Waals surface area (Å²) in [6, 6.07) is 7.42. The third-order valence-electron chi connectivity index (χ3n) is 4.89. The van der Waals surface area contributed by atoms with E-state index in [1.165, 1.54) is 10.4 Å². The minimum absolute atomic E-state index is 0.0294. The Balaban J connectivity index is 1.88. The Morgan fingerprint density at radius 3 is 2.75 bits per heavy atom. The summed E-state index contributed by atoms with van der Waals surface area (Å²) in [7, 11) is 6.22. The monoisotopic (exact) mass is 434 g/mol. The van der Waals surface area contributed by atoms with Crippen molar-refractivity contribution >= 4 is 44.9 Å². The Kier molecular flexibility index (Phi) is 5.81. The average molecular weight is 435 g/mol. The summed E-state index contributed by atoms with van der Waals surface area (Å²) >= 11 is 9.36. The summed E-state index contributed by atoms with van der Waals surface area (Å²) in [4.78, 5) is 25.1. The molecule has 0 amide bonds. The second kappa shape index (κ2) is 8.16. The van der Waals surface area contributed by atoms with E-state index in [0.717, 1.165) is 52.9 Å². The van der Waals surface area contributed by atoms with Crippen molar-refractivity contribution in [1.29, 1.82) is 0 Å². The van der Waals surface area contributed by atoms with Gasteiger partial charge in [-0.1, -0.05) is 23.4 Å². The van der Waals surface area contributed by atoms with Crippen LogP contribution in [0.15, 0.2) is 34.2 Å². The first kappa shape index (κ1) is 19.9. The average Bonchev–Trinajstić information content (AvgIpc) is 3.00. The molecule has 0 aliphatic carbocycles. The molecule has 1 aromatic carbocycles. The van der Waals surface area contributed by atoms with Crippen LogP contribution < -0.4 is 5.56 Å². The van der Waals surface area contributed by atoms with Gasteiger partial charge in [0.05, 0.1) is 11.1 Å². The molecular weight excluding hydrogens is 412 g/mol. The highest BCUT2D eigenvalue weighted by Gasteiger charge is 2.24. The van der Waals surface area contributed by atoms with Crippen LogP contribution >= 0.6 is 34.7 Å². The van der Waals surface area contributed by atoms with Crippen LogP contribution in [0.25, 0.3) is 15.9 Å². The highest BCUT2D eigenvalue weighted by molar-refractivity contribution is 7.99. The molecule has 0 saturated carbocycles. The number of fused-ring (bicyclic) bond motifs is 3. The van der Waals surface area contributed by atoms with Gasteiger partial charge >= 0.3 is 0 Å². The van der Waals surface area contributed by atoms with E-state index in [0.29, 0.717) is 5.02 Å². The van der Waals surface area contributed by atoms with Crippen LogP contribution in [0.2, 0.25) is 5.02 Å². The normalized spacial score (nSPS) is 14.8. The number of halogens is 1. The number of thiophene rings is 1. The third kappa shape index (κ3) is 3.86.